The number of carbonyl (C=O) groups excluding carboxylic acids is 2. The number of amides is 2. The Labute approximate surface area is 175 Å². The van der Waals surface area contributed by atoms with Gasteiger partial charge in [0.25, 0.3) is 11.8 Å². The lowest BCUT2D eigenvalue weighted by Crippen LogP contribution is -2.52. The molecule has 164 valence electrons. The molecule has 0 aliphatic carbocycles. The summed E-state index contributed by atoms with van der Waals surface area (Å²) >= 11 is 0. The fraction of sp³-hybridized carbons (Fsp3) is 0.381. The largest absolute Gasteiger partial charge is 0.503 e. The molecular weight excluding hydrogens is 412 g/mol. The number of aliphatic hydroxyl groups is 1. The number of carbonyl (C=O) groups is 2. The molecule has 3 heterocycles. The number of hydrogen-bond donors (Lipinski definition) is 3. The first-order valence-electron chi connectivity index (χ1n) is 9.81. The monoisotopic (exact) mass is 433 g/mol. The first kappa shape index (κ1) is 21.0. The Hall–Kier alpha value is -3.27. The second kappa shape index (κ2) is 7.16. The molecule has 4 rings (SSSR count). The van der Waals surface area contributed by atoms with Crippen LogP contribution in [0.5, 0.6) is 5.75 Å². The van der Waals surface area contributed by atoms with Crippen molar-refractivity contribution in [2.75, 3.05) is 13.1 Å². The second-order valence-corrected chi connectivity index (χ2v) is 8.08. The Kier molecular flexibility index (Phi) is 4.84. The summed E-state index contributed by atoms with van der Waals surface area (Å²) < 4.78 is 28.3. The minimum absolute atomic E-state index is 0.00684. The molecule has 2 unspecified atom stereocenters. The van der Waals surface area contributed by atoms with Crippen molar-refractivity contribution in [1.82, 2.24) is 14.8 Å². The summed E-state index contributed by atoms with van der Waals surface area (Å²) in [5.41, 5.74) is -2.73. The van der Waals surface area contributed by atoms with Crippen molar-refractivity contribution in [1.29, 1.82) is 0 Å². The third-order valence-electron chi connectivity index (χ3n) is 5.96. The third-order valence-corrected chi connectivity index (χ3v) is 5.96. The van der Waals surface area contributed by atoms with E-state index in [9.17, 15) is 33.4 Å². The van der Waals surface area contributed by atoms with Gasteiger partial charge in [0.15, 0.2) is 11.4 Å². The molecule has 2 aliphatic rings. The zero-order valence-corrected chi connectivity index (χ0v) is 16.9. The van der Waals surface area contributed by atoms with E-state index in [1.54, 1.807) is 13.8 Å². The van der Waals surface area contributed by atoms with Crippen LogP contribution < -0.4 is 10.7 Å². The number of benzene rings is 1. The molecule has 0 radical (unpaired) electrons. The topological polar surface area (TPSA) is 112 Å². The number of hydrogen-bond acceptors (Lipinski definition) is 5. The Morgan fingerprint density at radius 1 is 1.32 bits per heavy atom. The third kappa shape index (κ3) is 3.09. The minimum Gasteiger partial charge on any atom is -0.503 e. The average Bonchev–Trinajstić information content (AvgIpc) is 2.96. The Bertz CT molecular complexity index is 1180. The molecule has 0 bridgehead atoms. The van der Waals surface area contributed by atoms with Crippen LogP contribution in [0.4, 0.5) is 8.78 Å². The number of nitrogens with zero attached hydrogens (tertiary/aromatic N) is 2. The van der Waals surface area contributed by atoms with Crippen molar-refractivity contribution < 1.29 is 28.6 Å². The van der Waals surface area contributed by atoms with Gasteiger partial charge in [-0.05, 0) is 19.9 Å². The van der Waals surface area contributed by atoms with E-state index in [0.29, 0.717) is 12.6 Å². The standard InChI is InChI=1S/C21H21F2N3O5/c1-3-25-9-21(2)7-13(27)15-14(17(28)18(29)16(20(25)31)26(15)21)19(30)24-8-10-4-5-11(22)6-12(10)23/h4-6,13,27,29H,3,7-9H2,1-2H3,(H,24,30). The molecule has 0 saturated heterocycles. The summed E-state index contributed by atoms with van der Waals surface area (Å²) in [5, 5.41) is 23.6. The zero-order chi connectivity index (χ0) is 22.7. The van der Waals surface area contributed by atoms with E-state index in [-0.39, 0.29) is 36.5 Å². The smallest absolute Gasteiger partial charge is 0.274 e. The van der Waals surface area contributed by atoms with E-state index in [1.807, 2.05) is 0 Å². The number of pyridine rings is 1. The molecule has 2 aliphatic heterocycles. The minimum atomic E-state index is -1.22. The van der Waals surface area contributed by atoms with Crippen LogP contribution in [0.3, 0.4) is 0 Å². The van der Waals surface area contributed by atoms with Crippen LogP contribution in [-0.4, -0.2) is 44.6 Å². The zero-order valence-electron chi connectivity index (χ0n) is 16.9. The Morgan fingerprint density at radius 2 is 2.03 bits per heavy atom. The number of halogens is 2. The van der Waals surface area contributed by atoms with Crippen LogP contribution in [-0.2, 0) is 12.1 Å². The molecule has 31 heavy (non-hydrogen) atoms. The lowest BCUT2D eigenvalue weighted by atomic mass is 9.94. The molecule has 0 spiro atoms. The first-order chi connectivity index (χ1) is 14.6. The maximum Gasteiger partial charge on any atom is 0.274 e. The average molecular weight is 433 g/mol. The van der Waals surface area contributed by atoms with E-state index < -0.39 is 51.8 Å². The molecule has 2 amide bonds. The SMILES string of the molecule is CCN1CC2(C)CC(O)c3c(C(=O)NCc4ccc(F)cc4F)c(=O)c(O)c(n32)C1=O. The molecule has 2 atom stereocenters. The molecule has 0 fully saturated rings. The van der Waals surface area contributed by atoms with E-state index >= 15 is 0 Å². The van der Waals surface area contributed by atoms with Crippen LogP contribution in [0.15, 0.2) is 23.0 Å². The number of aromatic hydroxyl groups is 1. The fourth-order valence-electron chi connectivity index (χ4n) is 4.53. The molecule has 10 heteroatoms. The molecule has 8 nitrogen and oxygen atoms in total. The lowest BCUT2D eigenvalue weighted by molar-refractivity contribution is 0.0559. The Balaban J connectivity index is 1.79. The Morgan fingerprint density at radius 3 is 2.68 bits per heavy atom. The summed E-state index contributed by atoms with van der Waals surface area (Å²) in [6.07, 6.45) is -1.08. The van der Waals surface area contributed by atoms with Crippen LogP contribution in [0.2, 0.25) is 0 Å². The normalized spacial score (nSPS) is 21.9. The second-order valence-electron chi connectivity index (χ2n) is 8.08. The van der Waals surface area contributed by atoms with Crippen molar-refractivity contribution in [2.24, 2.45) is 0 Å². The lowest BCUT2D eigenvalue weighted by Gasteiger charge is -2.40. The highest BCUT2D eigenvalue weighted by Crippen LogP contribution is 2.45. The van der Waals surface area contributed by atoms with Gasteiger partial charge in [0, 0.05) is 37.7 Å². The van der Waals surface area contributed by atoms with Gasteiger partial charge in [-0.1, -0.05) is 6.07 Å². The first-order valence-corrected chi connectivity index (χ1v) is 9.81. The van der Waals surface area contributed by atoms with Crippen LogP contribution >= 0.6 is 0 Å². The van der Waals surface area contributed by atoms with Crippen LogP contribution in [0, 0.1) is 11.6 Å². The van der Waals surface area contributed by atoms with Crippen LogP contribution in [0.25, 0.3) is 0 Å². The number of rotatable bonds is 4. The number of nitrogens with one attached hydrogen (secondary N) is 1. The van der Waals surface area contributed by atoms with Gasteiger partial charge in [-0.3, -0.25) is 14.4 Å². The molecule has 2 aromatic rings. The summed E-state index contributed by atoms with van der Waals surface area (Å²) in [4.78, 5) is 40.0. The van der Waals surface area contributed by atoms with E-state index in [1.165, 1.54) is 9.47 Å². The summed E-state index contributed by atoms with van der Waals surface area (Å²) in [6.45, 7) is 3.77. The van der Waals surface area contributed by atoms with Gasteiger partial charge in [0.05, 0.1) is 17.3 Å². The van der Waals surface area contributed by atoms with Crippen molar-refractivity contribution in [3.05, 3.63) is 62.6 Å². The maximum absolute atomic E-state index is 13.9. The van der Waals surface area contributed by atoms with E-state index in [0.717, 1.165) is 12.1 Å². The highest BCUT2D eigenvalue weighted by atomic mass is 19.1. The molecule has 3 N–H and O–H groups in total. The summed E-state index contributed by atoms with van der Waals surface area (Å²) in [6, 6.07) is 2.86. The van der Waals surface area contributed by atoms with Crippen molar-refractivity contribution in [3.8, 4) is 5.75 Å². The molecule has 0 saturated carbocycles. The van der Waals surface area contributed by atoms with E-state index in [2.05, 4.69) is 5.32 Å². The highest BCUT2D eigenvalue weighted by molar-refractivity contribution is 6.00. The molecular formula is C21H21F2N3O5. The summed E-state index contributed by atoms with van der Waals surface area (Å²) in [7, 11) is 0. The number of aliphatic hydroxyl groups excluding tert-OH is 1. The van der Waals surface area contributed by atoms with Crippen molar-refractivity contribution in [3.63, 3.8) is 0 Å². The summed E-state index contributed by atoms with van der Waals surface area (Å²) in [5.74, 6) is -4.02. The van der Waals surface area contributed by atoms with Crippen LogP contribution in [0.1, 0.15) is 58.5 Å². The van der Waals surface area contributed by atoms with Gasteiger partial charge in [-0.2, -0.15) is 0 Å². The molecule has 1 aromatic heterocycles. The molecule has 1 aromatic carbocycles. The van der Waals surface area contributed by atoms with Gasteiger partial charge in [0.1, 0.15) is 17.2 Å². The predicted molar refractivity (Wildman–Crippen MR) is 105 cm³/mol. The maximum atomic E-state index is 13.9. The number of likely N-dealkylation sites (N-methyl/N-ethyl adjacent to an activating group) is 1. The predicted octanol–water partition coefficient (Wildman–Crippen LogP) is 1.39. The van der Waals surface area contributed by atoms with Gasteiger partial charge >= 0.3 is 0 Å². The fourth-order valence-corrected chi connectivity index (χ4v) is 4.53. The number of aromatic nitrogens is 1. The van der Waals surface area contributed by atoms with E-state index in [4.69, 9.17) is 0 Å². The van der Waals surface area contributed by atoms with Crippen molar-refractivity contribution in [2.45, 2.75) is 38.5 Å². The van der Waals surface area contributed by atoms with Gasteiger partial charge in [-0.15, -0.1) is 0 Å². The van der Waals surface area contributed by atoms with Crippen molar-refractivity contribution >= 4 is 11.8 Å². The van der Waals surface area contributed by atoms with Gasteiger partial charge in [-0.25, -0.2) is 8.78 Å². The highest BCUT2D eigenvalue weighted by Gasteiger charge is 2.50. The quantitative estimate of drug-likeness (QED) is 0.675. The van der Waals surface area contributed by atoms with Gasteiger partial charge in [0.2, 0.25) is 5.43 Å². The van der Waals surface area contributed by atoms with Gasteiger partial charge < -0.3 is 25.0 Å².